The summed E-state index contributed by atoms with van der Waals surface area (Å²) in [6, 6.07) is 3.13. The molecule has 1 unspecified atom stereocenters. The Morgan fingerprint density at radius 2 is 1.63 bits per heavy atom. The molecule has 6 heteroatoms. The average Bonchev–Trinajstić information content (AvgIpc) is 2.35. The number of rotatable bonds is 6. The van der Waals surface area contributed by atoms with Crippen LogP contribution in [0.25, 0.3) is 0 Å². The van der Waals surface area contributed by atoms with Crippen LogP contribution in [0.3, 0.4) is 0 Å². The van der Waals surface area contributed by atoms with Crippen molar-refractivity contribution in [2.75, 3.05) is 21.3 Å². The van der Waals surface area contributed by atoms with Gasteiger partial charge in [0.1, 0.15) is 22.8 Å². The van der Waals surface area contributed by atoms with Gasteiger partial charge in [0.05, 0.1) is 33.3 Å². The largest absolute Gasteiger partial charge is 0.496 e. The second kappa shape index (κ2) is 5.79. The summed E-state index contributed by atoms with van der Waals surface area (Å²) in [7, 11) is 4.34. The van der Waals surface area contributed by atoms with E-state index in [9.17, 15) is 9.90 Å². The van der Waals surface area contributed by atoms with Gasteiger partial charge in [-0.05, 0) is 6.92 Å². The van der Waals surface area contributed by atoms with E-state index in [-0.39, 0.29) is 5.56 Å². The van der Waals surface area contributed by atoms with Crippen molar-refractivity contribution >= 4 is 5.97 Å². The smallest absolute Gasteiger partial charge is 0.306 e. The normalized spacial score (nSPS) is 13.5. The van der Waals surface area contributed by atoms with E-state index in [0.717, 1.165) is 0 Å². The van der Waals surface area contributed by atoms with Crippen molar-refractivity contribution in [2.45, 2.75) is 18.9 Å². The monoisotopic (exact) mass is 270 g/mol. The molecule has 1 aromatic carbocycles. The predicted molar refractivity (Wildman–Crippen MR) is 67.9 cm³/mol. The summed E-state index contributed by atoms with van der Waals surface area (Å²) < 4.78 is 15.5. The Labute approximate surface area is 111 Å². The molecule has 0 fully saturated rings. The maximum absolute atomic E-state index is 10.8. The molecule has 1 atom stereocenters. The van der Waals surface area contributed by atoms with Crippen LogP contribution in [0.4, 0.5) is 0 Å². The summed E-state index contributed by atoms with van der Waals surface area (Å²) in [6.45, 7) is 1.40. The molecule has 0 radical (unpaired) electrons. The number of carbonyl (C=O) groups is 1. The second-order valence-electron chi connectivity index (χ2n) is 4.25. The van der Waals surface area contributed by atoms with E-state index in [1.165, 1.54) is 28.3 Å². The van der Waals surface area contributed by atoms with Crippen molar-refractivity contribution in [3.63, 3.8) is 0 Å². The molecule has 0 heterocycles. The Hall–Kier alpha value is -1.95. The molecule has 106 valence electrons. The fourth-order valence-electron chi connectivity index (χ4n) is 1.92. The highest BCUT2D eigenvalue weighted by atomic mass is 16.5. The molecule has 0 aliphatic carbocycles. The maximum Gasteiger partial charge on any atom is 0.306 e. The van der Waals surface area contributed by atoms with Crippen LogP contribution in [-0.4, -0.2) is 37.5 Å². The van der Waals surface area contributed by atoms with Crippen LogP contribution < -0.4 is 14.2 Å². The number of aliphatic carboxylic acids is 1. The van der Waals surface area contributed by atoms with Crippen molar-refractivity contribution in [3.05, 3.63) is 17.7 Å². The maximum atomic E-state index is 10.8. The summed E-state index contributed by atoms with van der Waals surface area (Å²) in [6.07, 6.45) is -0.466. The Balaban J connectivity index is 3.42. The first-order valence-corrected chi connectivity index (χ1v) is 5.60. The van der Waals surface area contributed by atoms with Gasteiger partial charge >= 0.3 is 5.97 Å². The Kier molecular flexibility index (Phi) is 4.61. The number of hydrogen-bond acceptors (Lipinski definition) is 5. The average molecular weight is 270 g/mol. The molecule has 0 aliphatic rings. The Morgan fingerprint density at radius 3 is 1.95 bits per heavy atom. The van der Waals surface area contributed by atoms with Crippen molar-refractivity contribution in [3.8, 4) is 17.2 Å². The van der Waals surface area contributed by atoms with E-state index in [2.05, 4.69) is 0 Å². The molecule has 19 heavy (non-hydrogen) atoms. The molecular formula is C13H18O6. The lowest BCUT2D eigenvalue weighted by atomic mass is 9.90. The van der Waals surface area contributed by atoms with Crippen molar-refractivity contribution in [1.82, 2.24) is 0 Å². The van der Waals surface area contributed by atoms with E-state index in [0.29, 0.717) is 17.2 Å². The Bertz CT molecular complexity index is 441. The SMILES string of the molecule is COc1cc(OC)c(C(C)(O)CC(=O)O)c(OC)c1. The molecule has 0 bridgehead atoms. The second-order valence-corrected chi connectivity index (χ2v) is 4.25. The van der Waals surface area contributed by atoms with Gasteiger partial charge in [0, 0.05) is 12.1 Å². The number of methoxy groups -OCH3 is 3. The third kappa shape index (κ3) is 3.29. The molecule has 0 saturated heterocycles. The van der Waals surface area contributed by atoms with Gasteiger partial charge in [-0.1, -0.05) is 0 Å². The number of carboxylic acid groups (broad SMARTS) is 1. The zero-order valence-electron chi connectivity index (χ0n) is 11.4. The molecule has 1 rings (SSSR count). The van der Waals surface area contributed by atoms with Crippen LogP contribution in [0.1, 0.15) is 18.9 Å². The lowest BCUT2D eigenvalue weighted by Gasteiger charge is -2.26. The molecule has 0 aromatic heterocycles. The van der Waals surface area contributed by atoms with Gasteiger partial charge in [-0.2, -0.15) is 0 Å². The zero-order valence-corrected chi connectivity index (χ0v) is 11.4. The van der Waals surface area contributed by atoms with E-state index >= 15 is 0 Å². The Morgan fingerprint density at radius 1 is 1.16 bits per heavy atom. The summed E-state index contributed by atoms with van der Waals surface area (Å²) in [5, 5.41) is 19.2. The first-order chi connectivity index (χ1) is 8.85. The number of ether oxygens (including phenoxy) is 3. The van der Waals surface area contributed by atoms with E-state index < -0.39 is 18.0 Å². The van der Waals surface area contributed by atoms with Crippen LogP contribution in [0, 0.1) is 0 Å². The van der Waals surface area contributed by atoms with Gasteiger partial charge in [0.25, 0.3) is 0 Å². The number of aliphatic hydroxyl groups is 1. The molecule has 0 saturated carbocycles. The minimum absolute atomic E-state index is 0.278. The van der Waals surface area contributed by atoms with Gasteiger partial charge in [0.15, 0.2) is 0 Å². The lowest BCUT2D eigenvalue weighted by molar-refractivity contribution is -0.142. The molecule has 0 spiro atoms. The van der Waals surface area contributed by atoms with Crippen molar-refractivity contribution < 1.29 is 29.2 Å². The molecule has 0 aliphatic heterocycles. The fourth-order valence-corrected chi connectivity index (χ4v) is 1.92. The summed E-state index contributed by atoms with van der Waals surface area (Å²) >= 11 is 0. The van der Waals surface area contributed by atoms with Crippen LogP contribution in [0.2, 0.25) is 0 Å². The molecule has 6 nitrogen and oxygen atoms in total. The summed E-state index contributed by atoms with van der Waals surface area (Å²) in [5.74, 6) is -0.0154. The van der Waals surface area contributed by atoms with Gasteiger partial charge in [0.2, 0.25) is 0 Å². The molecular weight excluding hydrogens is 252 g/mol. The van der Waals surface area contributed by atoms with Gasteiger partial charge in [-0.15, -0.1) is 0 Å². The van der Waals surface area contributed by atoms with Crippen LogP contribution in [0.5, 0.6) is 17.2 Å². The predicted octanol–water partition coefficient (Wildman–Crippen LogP) is 1.39. The third-order valence-electron chi connectivity index (χ3n) is 2.75. The van der Waals surface area contributed by atoms with E-state index in [1.807, 2.05) is 0 Å². The minimum Gasteiger partial charge on any atom is -0.496 e. The highest BCUT2D eigenvalue weighted by molar-refractivity contribution is 5.69. The molecule has 1 aromatic rings. The first-order valence-electron chi connectivity index (χ1n) is 5.60. The summed E-state index contributed by atoms with van der Waals surface area (Å²) in [5.41, 5.74) is -1.34. The van der Waals surface area contributed by atoms with E-state index in [1.54, 1.807) is 12.1 Å². The lowest BCUT2D eigenvalue weighted by Crippen LogP contribution is -2.26. The van der Waals surface area contributed by atoms with Crippen molar-refractivity contribution in [1.29, 1.82) is 0 Å². The standard InChI is InChI=1S/C13H18O6/c1-13(16,7-11(14)15)12-9(18-3)5-8(17-2)6-10(12)19-4/h5-6,16H,7H2,1-4H3,(H,14,15). The van der Waals surface area contributed by atoms with Gasteiger partial charge < -0.3 is 24.4 Å². The topological polar surface area (TPSA) is 85.2 Å². The number of benzene rings is 1. The van der Waals surface area contributed by atoms with Crippen molar-refractivity contribution in [2.24, 2.45) is 0 Å². The highest BCUT2D eigenvalue weighted by Crippen LogP contribution is 2.42. The van der Waals surface area contributed by atoms with Crippen LogP contribution >= 0.6 is 0 Å². The van der Waals surface area contributed by atoms with Crippen LogP contribution in [0.15, 0.2) is 12.1 Å². The number of hydrogen-bond donors (Lipinski definition) is 2. The number of carboxylic acids is 1. The fraction of sp³-hybridized carbons (Fsp3) is 0.462. The quantitative estimate of drug-likeness (QED) is 0.812. The zero-order chi connectivity index (χ0) is 14.6. The summed E-state index contributed by atoms with van der Waals surface area (Å²) in [4.78, 5) is 10.8. The van der Waals surface area contributed by atoms with Crippen LogP contribution in [-0.2, 0) is 10.4 Å². The third-order valence-corrected chi connectivity index (χ3v) is 2.75. The van der Waals surface area contributed by atoms with E-state index in [4.69, 9.17) is 19.3 Å². The van der Waals surface area contributed by atoms with Gasteiger partial charge in [-0.3, -0.25) is 4.79 Å². The highest BCUT2D eigenvalue weighted by Gasteiger charge is 2.33. The first kappa shape index (κ1) is 15.1. The molecule has 2 N–H and O–H groups in total. The molecule has 0 amide bonds. The minimum atomic E-state index is -1.62. The van der Waals surface area contributed by atoms with Gasteiger partial charge in [-0.25, -0.2) is 0 Å².